The zero-order valence-electron chi connectivity index (χ0n) is 12.7. The van der Waals surface area contributed by atoms with Crippen molar-refractivity contribution in [2.45, 2.75) is 19.6 Å². The molecule has 0 fully saturated rings. The number of hydrogen-bond acceptors (Lipinski definition) is 4. The molecule has 0 spiro atoms. The summed E-state index contributed by atoms with van der Waals surface area (Å²) in [5, 5.41) is 2.48. The maximum atomic E-state index is 12.2. The Morgan fingerprint density at radius 3 is 2.30 bits per heavy atom. The molecule has 7 heteroatoms. The summed E-state index contributed by atoms with van der Waals surface area (Å²) in [6.45, 7) is 1.65. The molecule has 3 N–H and O–H groups in total. The maximum absolute atomic E-state index is 12.2. The molecule has 2 aromatic rings. The highest BCUT2D eigenvalue weighted by atomic mass is 31.2. The Balaban J connectivity index is 1.86. The Bertz CT molecular complexity index is 679. The smallest absolute Gasteiger partial charge is 0.388 e. The number of hydrogen-bond donors (Lipinski definition) is 2. The first-order valence-electron chi connectivity index (χ1n) is 7.08. The van der Waals surface area contributed by atoms with Crippen molar-refractivity contribution in [1.29, 1.82) is 0 Å². The first-order chi connectivity index (χ1) is 11.0. The molecule has 2 atom stereocenters. The molecule has 2 aromatic carbocycles. The summed E-state index contributed by atoms with van der Waals surface area (Å²) in [7, 11) is -3.67. The normalized spacial score (nSPS) is 14.5. The predicted molar refractivity (Wildman–Crippen MR) is 87.7 cm³/mol. The molecule has 0 aliphatic rings. The molecule has 0 radical (unpaired) electrons. The van der Waals surface area contributed by atoms with Crippen molar-refractivity contribution < 1.29 is 18.6 Å². The lowest BCUT2D eigenvalue weighted by atomic mass is 10.2. The molecule has 0 heterocycles. The quantitative estimate of drug-likeness (QED) is 0.598. The number of nitrogens with two attached hydrogens (primary N) is 1. The fourth-order valence-electron chi connectivity index (χ4n) is 1.84. The van der Waals surface area contributed by atoms with Gasteiger partial charge in [-0.3, -0.25) is 4.79 Å². The maximum Gasteiger partial charge on any atom is 0.388 e. The molecule has 6 nitrogen and oxygen atoms in total. The van der Waals surface area contributed by atoms with Crippen LogP contribution in [0.1, 0.15) is 12.5 Å². The highest BCUT2D eigenvalue weighted by Crippen LogP contribution is 2.34. The van der Waals surface area contributed by atoms with E-state index in [1.807, 2.05) is 30.3 Å². The van der Waals surface area contributed by atoms with E-state index in [2.05, 4.69) is 5.09 Å². The first kappa shape index (κ1) is 17.2. The van der Waals surface area contributed by atoms with Crippen LogP contribution in [0.15, 0.2) is 60.7 Å². The van der Waals surface area contributed by atoms with E-state index in [1.54, 1.807) is 30.3 Å². The molecule has 1 unspecified atom stereocenters. The second-order valence-corrected chi connectivity index (χ2v) is 6.58. The second-order valence-electron chi connectivity index (χ2n) is 4.95. The third-order valence-corrected chi connectivity index (χ3v) is 4.16. The van der Waals surface area contributed by atoms with Gasteiger partial charge in [0, 0.05) is 0 Å². The molecule has 0 aliphatic heterocycles. The van der Waals surface area contributed by atoms with Gasteiger partial charge in [-0.1, -0.05) is 48.5 Å². The standard InChI is InChI=1S/C16H19N2O4P/c1-13(16(19)21-12-14-8-4-2-5-9-14)18-23(17,20)22-15-10-6-3-7-11-15/h2-11,13H,12H2,1H3,(H3,17,18,20)/t13-,23?/m0/s1. The second kappa shape index (κ2) is 7.92. The van der Waals surface area contributed by atoms with Crippen molar-refractivity contribution in [3.63, 3.8) is 0 Å². The molecule has 0 saturated heterocycles. The lowest BCUT2D eigenvalue weighted by Crippen LogP contribution is -2.36. The summed E-state index contributed by atoms with van der Waals surface area (Å²) < 4.78 is 22.6. The van der Waals surface area contributed by atoms with Gasteiger partial charge in [0.1, 0.15) is 18.4 Å². The fourth-order valence-corrected chi connectivity index (χ4v) is 2.97. The van der Waals surface area contributed by atoms with Crippen molar-refractivity contribution in [2.24, 2.45) is 5.50 Å². The Kier molecular flexibility index (Phi) is 5.93. The number of carbonyl (C=O) groups is 1. The van der Waals surface area contributed by atoms with E-state index in [-0.39, 0.29) is 6.61 Å². The zero-order valence-corrected chi connectivity index (χ0v) is 13.6. The van der Waals surface area contributed by atoms with Crippen LogP contribution in [0.25, 0.3) is 0 Å². The lowest BCUT2D eigenvalue weighted by molar-refractivity contribution is -0.146. The SMILES string of the molecule is C[C@H](NP(N)(=O)Oc1ccccc1)C(=O)OCc1ccccc1. The van der Waals surface area contributed by atoms with Crippen molar-refractivity contribution >= 4 is 13.6 Å². The van der Waals surface area contributed by atoms with Crippen LogP contribution in [0.2, 0.25) is 0 Å². The first-order valence-corrected chi connectivity index (χ1v) is 8.77. The number of rotatable bonds is 7. The van der Waals surface area contributed by atoms with Gasteiger partial charge < -0.3 is 9.26 Å². The molecule has 0 aromatic heterocycles. The summed E-state index contributed by atoms with van der Waals surface area (Å²) in [4.78, 5) is 11.9. The van der Waals surface area contributed by atoms with Crippen LogP contribution < -0.4 is 15.1 Å². The number of para-hydroxylation sites is 1. The minimum absolute atomic E-state index is 0.139. The van der Waals surface area contributed by atoms with Crippen LogP contribution in [0.5, 0.6) is 5.75 Å². The van der Waals surface area contributed by atoms with Crippen molar-refractivity contribution in [1.82, 2.24) is 5.09 Å². The number of esters is 1. The van der Waals surface area contributed by atoms with Gasteiger partial charge in [-0.2, -0.15) is 0 Å². The van der Waals surface area contributed by atoms with E-state index < -0.39 is 19.7 Å². The number of carbonyl (C=O) groups excluding carboxylic acids is 1. The molecule has 0 saturated carbocycles. The van der Waals surface area contributed by atoms with Gasteiger partial charge in [-0.15, -0.1) is 0 Å². The minimum atomic E-state index is -3.67. The third kappa shape index (κ3) is 5.87. The van der Waals surface area contributed by atoms with E-state index in [0.717, 1.165) is 5.56 Å². The average Bonchev–Trinajstić information content (AvgIpc) is 2.53. The number of ether oxygens (including phenoxy) is 1. The van der Waals surface area contributed by atoms with E-state index >= 15 is 0 Å². The Morgan fingerprint density at radius 1 is 1.13 bits per heavy atom. The Morgan fingerprint density at radius 2 is 1.70 bits per heavy atom. The lowest BCUT2D eigenvalue weighted by Gasteiger charge is -2.19. The van der Waals surface area contributed by atoms with Gasteiger partial charge in [-0.25, -0.2) is 15.2 Å². The molecule has 0 amide bonds. The van der Waals surface area contributed by atoms with Crippen LogP contribution in [-0.2, 0) is 20.7 Å². The molecule has 0 aliphatic carbocycles. The van der Waals surface area contributed by atoms with Gasteiger partial charge in [0.05, 0.1) is 0 Å². The summed E-state index contributed by atoms with van der Waals surface area (Å²) in [5.41, 5.74) is 6.47. The minimum Gasteiger partial charge on any atom is -0.460 e. The van der Waals surface area contributed by atoms with Crippen molar-refractivity contribution in [3.8, 4) is 5.75 Å². The predicted octanol–water partition coefficient (Wildman–Crippen LogP) is 2.85. The van der Waals surface area contributed by atoms with E-state index in [4.69, 9.17) is 14.8 Å². The van der Waals surface area contributed by atoms with E-state index in [1.165, 1.54) is 6.92 Å². The summed E-state index contributed by atoms with van der Waals surface area (Å²) in [5.74, 6) is -0.202. The van der Waals surface area contributed by atoms with E-state index in [0.29, 0.717) is 5.75 Å². The molecule has 122 valence electrons. The van der Waals surface area contributed by atoms with Crippen LogP contribution in [-0.4, -0.2) is 12.0 Å². The van der Waals surface area contributed by atoms with Gasteiger partial charge in [-0.05, 0) is 24.6 Å². The average molecular weight is 334 g/mol. The molecular formula is C16H19N2O4P. The molecular weight excluding hydrogens is 315 g/mol. The fraction of sp³-hybridized carbons (Fsp3) is 0.188. The van der Waals surface area contributed by atoms with Crippen molar-refractivity contribution in [3.05, 3.63) is 66.2 Å². The van der Waals surface area contributed by atoms with Crippen LogP contribution in [0.4, 0.5) is 0 Å². The third-order valence-electron chi connectivity index (χ3n) is 2.94. The van der Waals surface area contributed by atoms with Crippen LogP contribution in [0, 0.1) is 0 Å². The largest absolute Gasteiger partial charge is 0.460 e. The highest BCUT2D eigenvalue weighted by molar-refractivity contribution is 7.54. The highest BCUT2D eigenvalue weighted by Gasteiger charge is 2.26. The number of benzene rings is 2. The number of nitrogens with one attached hydrogen (secondary N) is 1. The molecule has 2 rings (SSSR count). The summed E-state index contributed by atoms with van der Waals surface area (Å²) in [6, 6.07) is 16.9. The Hall–Kier alpha value is -2.14. The van der Waals surface area contributed by atoms with Gasteiger partial charge in [0.25, 0.3) is 0 Å². The zero-order chi connectivity index (χ0) is 16.7. The van der Waals surface area contributed by atoms with Gasteiger partial charge in [0.2, 0.25) is 0 Å². The Labute approximate surface area is 135 Å². The topological polar surface area (TPSA) is 90.6 Å². The molecule has 0 bridgehead atoms. The van der Waals surface area contributed by atoms with Gasteiger partial charge in [0.15, 0.2) is 0 Å². The van der Waals surface area contributed by atoms with Crippen molar-refractivity contribution in [2.75, 3.05) is 0 Å². The monoisotopic (exact) mass is 334 g/mol. The summed E-state index contributed by atoms with van der Waals surface area (Å²) in [6.07, 6.45) is 0. The summed E-state index contributed by atoms with van der Waals surface area (Å²) >= 11 is 0. The van der Waals surface area contributed by atoms with Crippen LogP contribution >= 0.6 is 7.67 Å². The molecule has 23 heavy (non-hydrogen) atoms. The van der Waals surface area contributed by atoms with Gasteiger partial charge >= 0.3 is 13.6 Å². The van der Waals surface area contributed by atoms with Crippen LogP contribution in [0.3, 0.4) is 0 Å². The van der Waals surface area contributed by atoms with E-state index in [9.17, 15) is 9.36 Å².